The number of rotatable bonds is 5. The molecule has 0 spiro atoms. The molecule has 1 fully saturated rings. The average Bonchev–Trinajstić information content (AvgIpc) is 3.38. The molecule has 5 heteroatoms. The Bertz CT molecular complexity index is 696. The minimum Gasteiger partial charge on any atom is -0.345 e. The van der Waals surface area contributed by atoms with Crippen LogP contribution in [-0.2, 0) is 0 Å². The van der Waals surface area contributed by atoms with Gasteiger partial charge in [0.2, 0.25) is 0 Å². The zero-order valence-electron chi connectivity index (χ0n) is 11.9. The van der Waals surface area contributed by atoms with Crippen LogP contribution in [0.5, 0.6) is 0 Å². The summed E-state index contributed by atoms with van der Waals surface area (Å²) in [5.41, 5.74) is 1.31. The molecule has 1 saturated carbocycles. The van der Waals surface area contributed by atoms with Gasteiger partial charge in [-0.3, -0.25) is 14.9 Å². The van der Waals surface area contributed by atoms with Gasteiger partial charge in [-0.15, -0.1) is 0 Å². The number of nitrogens with zero attached hydrogens (tertiary/aromatic N) is 1. The molecule has 2 aromatic rings. The summed E-state index contributed by atoms with van der Waals surface area (Å²) in [6.07, 6.45) is 2.18. The molecular formula is C17H16N2O3. The maximum absolute atomic E-state index is 12.4. The van der Waals surface area contributed by atoms with Gasteiger partial charge in [0, 0.05) is 17.7 Å². The first-order valence-corrected chi connectivity index (χ1v) is 7.25. The lowest BCUT2D eigenvalue weighted by Gasteiger charge is -2.18. The third kappa shape index (κ3) is 3.14. The molecule has 112 valence electrons. The van der Waals surface area contributed by atoms with E-state index in [0.717, 1.165) is 18.4 Å². The third-order valence-electron chi connectivity index (χ3n) is 3.86. The SMILES string of the molecule is O=C(NC(c1ccccc1)C1CC1)c1cccc([N+](=O)[O-])c1. The van der Waals surface area contributed by atoms with E-state index in [1.54, 1.807) is 6.07 Å². The summed E-state index contributed by atoms with van der Waals surface area (Å²) >= 11 is 0. The Labute approximate surface area is 128 Å². The monoisotopic (exact) mass is 296 g/mol. The molecule has 22 heavy (non-hydrogen) atoms. The van der Waals surface area contributed by atoms with Crippen LogP contribution in [-0.4, -0.2) is 10.8 Å². The Kier molecular flexibility index (Phi) is 3.87. The Morgan fingerprint density at radius 1 is 1.14 bits per heavy atom. The highest BCUT2D eigenvalue weighted by molar-refractivity contribution is 5.95. The van der Waals surface area contributed by atoms with E-state index in [0.29, 0.717) is 11.5 Å². The molecule has 0 heterocycles. The molecule has 1 atom stereocenters. The van der Waals surface area contributed by atoms with Gasteiger partial charge in [0.1, 0.15) is 0 Å². The largest absolute Gasteiger partial charge is 0.345 e. The van der Waals surface area contributed by atoms with Gasteiger partial charge >= 0.3 is 0 Å². The van der Waals surface area contributed by atoms with Crippen molar-refractivity contribution in [2.75, 3.05) is 0 Å². The van der Waals surface area contributed by atoms with E-state index >= 15 is 0 Å². The van der Waals surface area contributed by atoms with Crippen molar-refractivity contribution in [3.8, 4) is 0 Å². The highest BCUT2D eigenvalue weighted by Crippen LogP contribution is 2.41. The van der Waals surface area contributed by atoms with Crippen molar-refractivity contribution in [1.29, 1.82) is 0 Å². The molecule has 1 aliphatic rings. The van der Waals surface area contributed by atoms with Gasteiger partial charge in [-0.25, -0.2) is 0 Å². The van der Waals surface area contributed by atoms with Crippen molar-refractivity contribution in [2.45, 2.75) is 18.9 Å². The maximum Gasteiger partial charge on any atom is 0.270 e. The van der Waals surface area contributed by atoms with Gasteiger partial charge < -0.3 is 5.32 Å². The molecule has 0 radical (unpaired) electrons. The fraction of sp³-hybridized carbons (Fsp3) is 0.235. The quantitative estimate of drug-likeness (QED) is 0.678. The number of nitro groups is 1. The van der Waals surface area contributed by atoms with E-state index in [2.05, 4.69) is 5.32 Å². The Balaban J connectivity index is 1.80. The van der Waals surface area contributed by atoms with Crippen LogP contribution in [0.4, 0.5) is 5.69 Å². The lowest BCUT2D eigenvalue weighted by Crippen LogP contribution is -2.29. The molecule has 3 rings (SSSR count). The summed E-state index contributed by atoms with van der Waals surface area (Å²) in [6.45, 7) is 0. The van der Waals surface area contributed by atoms with Crippen LogP contribution in [0, 0.1) is 16.0 Å². The fourth-order valence-corrected chi connectivity index (χ4v) is 2.55. The third-order valence-corrected chi connectivity index (χ3v) is 3.86. The fourth-order valence-electron chi connectivity index (χ4n) is 2.55. The summed E-state index contributed by atoms with van der Waals surface area (Å²) in [5, 5.41) is 13.8. The number of nitro benzene ring substituents is 1. The maximum atomic E-state index is 12.4. The number of carbonyl (C=O) groups excluding carboxylic acids is 1. The number of benzene rings is 2. The van der Waals surface area contributed by atoms with Crippen molar-refractivity contribution < 1.29 is 9.72 Å². The van der Waals surface area contributed by atoms with Crippen molar-refractivity contribution in [1.82, 2.24) is 5.32 Å². The van der Waals surface area contributed by atoms with Gasteiger partial charge in [-0.1, -0.05) is 36.4 Å². The molecule has 0 aliphatic heterocycles. The average molecular weight is 296 g/mol. The number of carbonyl (C=O) groups is 1. The van der Waals surface area contributed by atoms with Crippen LogP contribution >= 0.6 is 0 Å². The first-order valence-electron chi connectivity index (χ1n) is 7.25. The second kappa shape index (κ2) is 5.97. The summed E-state index contributed by atoms with van der Waals surface area (Å²) in [5.74, 6) is 0.175. The van der Waals surface area contributed by atoms with Crippen LogP contribution in [0.3, 0.4) is 0 Å². The normalized spacial score (nSPS) is 15.1. The highest BCUT2D eigenvalue weighted by atomic mass is 16.6. The van der Waals surface area contributed by atoms with Gasteiger partial charge in [-0.05, 0) is 30.4 Å². The van der Waals surface area contributed by atoms with E-state index in [4.69, 9.17) is 0 Å². The van der Waals surface area contributed by atoms with Crippen LogP contribution in [0.25, 0.3) is 0 Å². The van der Waals surface area contributed by atoms with E-state index in [9.17, 15) is 14.9 Å². The van der Waals surface area contributed by atoms with Gasteiger partial charge in [0.15, 0.2) is 0 Å². The topological polar surface area (TPSA) is 72.2 Å². The molecule has 0 aromatic heterocycles. The van der Waals surface area contributed by atoms with Crippen LogP contribution in [0.15, 0.2) is 54.6 Å². The van der Waals surface area contributed by atoms with Crippen LogP contribution in [0.1, 0.15) is 34.8 Å². The number of non-ortho nitro benzene ring substituents is 1. The first kappa shape index (κ1) is 14.3. The Morgan fingerprint density at radius 2 is 1.86 bits per heavy atom. The smallest absolute Gasteiger partial charge is 0.270 e. The molecule has 1 amide bonds. The molecule has 1 unspecified atom stereocenters. The molecule has 0 bridgehead atoms. The van der Waals surface area contributed by atoms with Crippen LogP contribution < -0.4 is 5.32 Å². The van der Waals surface area contributed by atoms with Crippen molar-refractivity contribution in [2.24, 2.45) is 5.92 Å². The van der Waals surface area contributed by atoms with Crippen LogP contribution in [0.2, 0.25) is 0 Å². The molecule has 0 saturated heterocycles. The molecule has 5 nitrogen and oxygen atoms in total. The predicted molar refractivity (Wildman–Crippen MR) is 82.5 cm³/mol. The van der Waals surface area contributed by atoms with Gasteiger partial charge in [-0.2, -0.15) is 0 Å². The molecule has 2 aromatic carbocycles. The van der Waals surface area contributed by atoms with Gasteiger partial charge in [0.05, 0.1) is 11.0 Å². The second-order valence-corrected chi connectivity index (χ2v) is 5.51. The summed E-state index contributed by atoms with van der Waals surface area (Å²) in [7, 11) is 0. The first-order chi connectivity index (χ1) is 10.6. The van der Waals surface area contributed by atoms with Crippen molar-refractivity contribution in [3.05, 3.63) is 75.8 Å². The highest BCUT2D eigenvalue weighted by Gasteiger charge is 2.33. The zero-order chi connectivity index (χ0) is 15.5. The zero-order valence-corrected chi connectivity index (χ0v) is 11.9. The minimum absolute atomic E-state index is 0.0343. The summed E-state index contributed by atoms with van der Waals surface area (Å²) in [4.78, 5) is 22.7. The molecular weight excluding hydrogens is 280 g/mol. The number of nitrogens with one attached hydrogen (secondary N) is 1. The van der Waals surface area contributed by atoms with Gasteiger partial charge in [0.25, 0.3) is 11.6 Å². The predicted octanol–water partition coefficient (Wildman–Crippen LogP) is 3.48. The summed E-state index contributed by atoms with van der Waals surface area (Å²) < 4.78 is 0. The Morgan fingerprint density at radius 3 is 2.50 bits per heavy atom. The molecule has 1 N–H and O–H groups in total. The number of hydrogen-bond donors (Lipinski definition) is 1. The standard InChI is InChI=1S/C17H16N2O3/c20-17(14-7-4-8-15(11-14)19(21)22)18-16(13-9-10-13)12-5-2-1-3-6-12/h1-8,11,13,16H,9-10H2,(H,18,20). The van der Waals surface area contributed by atoms with E-state index in [1.807, 2.05) is 30.3 Å². The lowest BCUT2D eigenvalue weighted by atomic mass is 10.0. The van der Waals surface area contributed by atoms with E-state index < -0.39 is 4.92 Å². The number of hydrogen-bond acceptors (Lipinski definition) is 3. The Hall–Kier alpha value is -2.69. The lowest BCUT2D eigenvalue weighted by molar-refractivity contribution is -0.384. The van der Waals surface area contributed by atoms with Crippen molar-refractivity contribution in [3.63, 3.8) is 0 Å². The van der Waals surface area contributed by atoms with E-state index in [1.165, 1.54) is 18.2 Å². The van der Waals surface area contributed by atoms with E-state index in [-0.39, 0.29) is 17.6 Å². The number of amides is 1. The van der Waals surface area contributed by atoms with Crippen molar-refractivity contribution >= 4 is 11.6 Å². The molecule has 1 aliphatic carbocycles. The second-order valence-electron chi connectivity index (χ2n) is 5.51. The minimum atomic E-state index is -0.494. The summed E-state index contributed by atoms with van der Waals surface area (Å²) in [6, 6.07) is 15.6.